The van der Waals surface area contributed by atoms with Crippen molar-refractivity contribution in [2.75, 3.05) is 12.4 Å². The maximum atomic E-state index is 12.5. The Morgan fingerprint density at radius 2 is 1.78 bits per heavy atom. The Morgan fingerprint density at radius 3 is 2.39 bits per heavy atom. The summed E-state index contributed by atoms with van der Waals surface area (Å²) >= 11 is 0. The molecule has 4 atom stereocenters. The number of aliphatic hydroxyl groups is 1. The molecule has 3 nitrogen and oxygen atoms in total. The van der Waals surface area contributed by atoms with E-state index in [1.165, 1.54) is 5.56 Å². The lowest BCUT2D eigenvalue weighted by atomic mass is 10.1. The maximum absolute atomic E-state index is 12.5. The Kier molecular flexibility index (Phi) is 3.29. The number of hydrogen-bond acceptors (Lipinski definition) is 3. The molecule has 4 rings (SSSR count). The van der Waals surface area contributed by atoms with Gasteiger partial charge in [0, 0.05) is 5.25 Å². The lowest BCUT2D eigenvalue weighted by molar-refractivity contribution is -0.143. The molecule has 120 valence electrons. The molecule has 0 radical (unpaired) electrons. The molecular weight excluding hydrogens is 308 g/mol. The van der Waals surface area contributed by atoms with Crippen LogP contribution in [0.25, 0.3) is 0 Å². The fraction of sp³-hybridized carbons (Fsp3) is 0.316. The average Bonchev–Trinajstić information content (AvgIpc) is 3.45. The summed E-state index contributed by atoms with van der Waals surface area (Å²) < 4.78 is 5.26. The van der Waals surface area contributed by atoms with Gasteiger partial charge in [0.2, 0.25) is 0 Å². The zero-order chi connectivity index (χ0) is 16.1. The van der Waals surface area contributed by atoms with Crippen LogP contribution < -0.4 is 0 Å². The molecule has 2 saturated heterocycles. The predicted octanol–water partition coefficient (Wildman–Crippen LogP) is 3.34. The van der Waals surface area contributed by atoms with E-state index in [1.807, 2.05) is 55.5 Å². The number of ether oxygens (including phenoxy) is 1. The second kappa shape index (κ2) is 5.11. The van der Waals surface area contributed by atoms with Crippen LogP contribution >= 0.6 is 10.0 Å². The fourth-order valence-corrected chi connectivity index (χ4v) is 9.19. The minimum absolute atomic E-state index is 0.243. The van der Waals surface area contributed by atoms with E-state index in [0.717, 1.165) is 11.3 Å². The van der Waals surface area contributed by atoms with Gasteiger partial charge >= 0.3 is 5.97 Å². The highest BCUT2D eigenvalue weighted by Gasteiger charge is 2.87. The lowest BCUT2D eigenvalue weighted by Gasteiger charge is -2.12. The molecule has 0 amide bonds. The first-order valence-corrected chi connectivity index (χ1v) is 9.87. The minimum atomic E-state index is -1.44. The van der Waals surface area contributed by atoms with Crippen LogP contribution in [0.2, 0.25) is 0 Å². The van der Waals surface area contributed by atoms with Crippen LogP contribution in [0.1, 0.15) is 23.3 Å². The molecule has 0 aromatic heterocycles. The highest BCUT2D eigenvalue weighted by molar-refractivity contribution is 8.46. The van der Waals surface area contributed by atoms with Crippen LogP contribution in [0.4, 0.5) is 0 Å². The van der Waals surface area contributed by atoms with Gasteiger partial charge in [-0.05, 0) is 23.8 Å². The number of carbonyl (C=O) groups excluding carboxylic acids is 1. The van der Waals surface area contributed by atoms with E-state index in [1.54, 1.807) is 0 Å². The summed E-state index contributed by atoms with van der Waals surface area (Å²) in [6.07, 6.45) is 0. The first kappa shape index (κ1) is 14.8. The summed E-state index contributed by atoms with van der Waals surface area (Å²) in [4.78, 5) is 11.4. The van der Waals surface area contributed by atoms with Crippen molar-refractivity contribution in [2.45, 2.75) is 22.4 Å². The normalized spacial score (nSPS) is 37.0. The highest BCUT2D eigenvalue weighted by atomic mass is 32.3. The summed E-state index contributed by atoms with van der Waals surface area (Å²) in [6.45, 7) is 2.16. The van der Waals surface area contributed by atoms with Crippen molar-refractivity contribution in [1.29, 1.82) is 0 Å². The van der Waals surface area contributed by atoms with Crippen molar-refractivity contribution in [3.8, 4) is 0 Å². The highest BCUT2D eigenvalue weighted by Crippen LogP contribution is 3.01. The zero-order valence-electron chi connectivity index (χ0n) is 13.0. The van der Waals surface area contributed by atoms with Crippen molar-refractivity contribution >= 4 is 16.0 Å². The fourth-order valence-electron chi connectivity index (χ4n) is 3.85. The molecule has 2 aromatic rings. The molecule has 2 aliphatic rings. The van der Waals surface area contributed by atoms with Crippen LogP contribution in [-0.2, 0) is 14.5 Å². The van der Waals surface area contributed by atoms with E-state index >= 15 is 0 Å². The van der Waals surface area contributed by atoms with E-state index < -0.39 is 15.0 Å². The van der Waals surface area contributed by atoms with Crippen LogP contribution in [0.15, 0.2) is 60.7 Å². The summed E-state index contributed by atoms with van der Waals surface area (Å²) in [5.41, 5.74) is 2.08. The number of hydrogen-bond donors (Lipinski definition) is 1. The molecule has 2 aromatic carbocycles. The monoisotopic (exact) mass is 328 g/mol. The number of carbonyl (C=O) groups is 1. The largest absolute Gasteiger partial charge is 0.465 e. The summed E-state index contributed by atoms with van der Waals surface area (Å²) in [5.74, 6) is 0.665. The first-order chi connectivity index (χ1) is 11.2. The van der Waals surface area contributed by atoms with Gasteiger partial charge in [-0.3, -0.25) is 4.79 Å². The van der Waals surface area contributed by atoms with E-state index in [-0.39, 0.29) is 11.2 Å². The second-order valence-corrected chi connectivity index (χ2v) is 9.81. The first-order valence-electron chi connectivity index (χ1n) is 7.94. The molecule has 0 bridgehead atoms. The summed E-state index contributed by atoms with van der Waals surface area (Å²) in [5, 5.41) is 11.3. The molecule has 4 heteroatoms. The zero-order valence-corrected chi connectivity index (χ0v) is 13.8. The Labute approximate surface area is 137 Å². The number of rotatable bonds is 4. The van der Waals surface area contributed by atoms with Gasteiger partial charge in [-0.1, -0.05) is 60.7 Å². The van der Waals surface area contributed by atoms with Crippen molar-refractivity contribution in [3.63, 3.8) is 0 Å². The van der Waals surface area contributed by atoms with E-state index in [2.05, 4.69) is 12.1 Å². The third kappa shape index (κ3) is 1.91. The average molecular weight is 328 g/mol. The van der Waals surface area contributed by atoms with Crippen LogP contribution in [0, 0.1) is 0 Å². The Bertz CT molecular complexity index is 733. The smallest absolute Gasteiger partial charge is 0.321 e. The van der Waals surface area contributed by atoms with E-state index in [4.69, 9.17) is 4.74 Å². The summed E-state index contributed by atoms with van der Waals surface area (Å²) in [7, 11) is -1.44. The van der Waals surface area contributed by atoms with Gasteiger partial charge < -0.3 is 9.84 Å². The third-order valence-corrected chi connectivity index (χ3v) is 9.64. The van der Waals surface area contributed by atoms with Crippen molar-refractivity contribution in [1.82, 2.24) is 0 Å². The summed E-state index contributed by atoms with van der Waals surface area (Å²) in [6, 6.07) is 19.8. The SMILES string of the molecule is CCOC(=O)C1C(O)(c2ccccc2)S12CC2c1ccccc1. The van der Waals surface area contributed by atoms with Crippen LogP contribution in [0.3, 0.4) is 0 Å². The van der Waals surface area contributed by atoms with Crippen molar-refractivity contribution in [2.24, 2.45) is 0 Å². The molecule has 23 heavy (non-hydrogen) atoms. The van der Waals surface area contributed by atoms with Gasteiger partial charge in [-0.25, -0.2) is 0 Å². The topological polar surface area (TPSA) is 46.5 Å². The predicted molar refractivity (Wildman–Crippen MR) is 92.4 cm³/mol. The van der Waals surface area contributed by atoms with Crippen LogP contribution in [-0.4, -0.2) is 28.7 Å². The molecule has 0 aliphatic carbocycles. The van der Waals surface area contributed by atoms with Gasteiger partial charge in [0.15, 0.2) is 0 Å². The molecule has 0 saturated carbocycles. The van der Waals surface area contributed by atoms with Crippen molar-refractivity contribution in [3.05, 3.63) is 71.8 Å². The third-order valence-electron chi connectivity index (χ3n) is 4.98. The molecule has 2 fully saturated rings. The molecule has 4 unspecified atom stereocenters. The maximum Gasteiger partial charge on any atom is 0.321 e. The van der Waals surface area contributed by atoms with E-state index in [9.17, 15) is 9.90 Å². The Balaban J connectivity index is 1.72. The second-order valence-electron chi connectivity index (χ2n) is 6.11. The molecule has 2 aliphatic heterocycles. The Hall–Kier alpha value is -1.78. The standard InChI is InChI=1S/C19H20O3S/c1-2-22-18(20)17-19(21,15-11-7-4-8-12-15)23(17)13-16(23)14-9-5-3-6-10-14/h3-12,16-17,21H,2,13H2,1H3. The van der Waals surface area contributed by atoms with Gasteiger partial charge in [0.05, 0.1) is 6.61 Å². The molecule has 2 heterocycles. The van der Waals surface area contributed by atoms with Crippen LogP contribution in [0.5, 0.6) is 0 Å². The van der Waals surface area contributed by atoms with Gasteiger partial charge in [0.25, 0.3) is 0 Å². The number of benzene rings is 2. The minimum Gasteiger partial charge on any atom is -0.465 e. The quantitative estimate of drug-likeness (QED) is 0.692. The molecule has 1 spiro atoms. The molecular formula is C19H20O3S. The lowest BCUT2D eigenvalue weighted by Crippen LogP contribution is -2.20. The Morgan fingerprint density at radius 1 is 1.17 bits per heavy atom. The van der Waals surface area contributed by atoms with Gasteiger partial charge in [-0.15, -0.1) is 0 Å². The number of esters is 1. The molecule has 1 N–H and O–H groups in total. The van der Waals surface area contributed by atoms with Gasteiger partial charge in [-0.2, -0.15) is 10.0 Å². The van der Waals surface area contributed by atoms with E-state index in [0.29, 0.717) is 11.9 Å². The van der Waals surface area contributed by atoms with Crippen molar-refractivity contribution < 1.29 is 14.6 Å². The van der Waals surface area contributed by atoms with Gasteiger partial charge in [0.1, 0.15) is 10.2 Å².